The summed E-state index contributed by atoms with van der Waals surface area (Å²) in [5, 5.41) is 7.40. The van der Waals surface area contributed by atoms with Crippen LogP contribution in [-0.4, -0.2) is 30.0 Å². The molecule has 0 heterocycles. The van der Waals surface area contributed by atoms with Gasteiger partial charge in [-0.3, -0.25) is 4.99 Å². The number of hydrogen-bond acceptors (Lipinski definition) is 3. The molecular weight excluding hydrogens is 274 g/mol. The van der Waals surface area contributed by atoms with Crippen LogP contribution in [0.3, 0.4) is 0 Å². The zero-order chi connectivity index (χ0) is 16.1. The van der Waals surface area contributed by atoms with Gasteiger partial charge in [-0.2, -0.15) is 0 Å². The first-order chi connectivity index (χ1) is 8.95. The number of halogens is 1. The van der Waals surface area contributed by atoms with Crippen molar-refractivity contribution in [2.75, 3.05) is 13.3 Å². The van der Waals surface area contributed by atoms with Crippen molar-refractivity contribution >= 4 is 18.3 Å². The minimum atomic E-state index is -2.59. The van der Waals surface area contributed by atoms with E-state index in [4.69, 9.17) is 5.41 Å². The largest absolute Gasteiger partial charge is 0.318 e. The smallest absolute Gasteiger partial charge is 0.129 e. The first-order valence-corrected chi connectivity index (χ1v) is 9.26. The van der Waals surface area contributed by atoms with Crippen molar-refractivity contribution in [3.63, 3.8) is 0 Å². The number of nitrogens with zero attached hydrogens (tertiary/aromatic N) is 1. The predicted octanol–water partition coefficient (Wildman–Crippen LogP) is 4.89. The zero-order valence-electron chi connectivity index (χ0n) is 13.5. The van der Waals surface area contributed by atoms with Crippen LogP contribution >= 0.6 is 7.14 Å². The van der Waals surface area contributed by atoms with Crippen LogP contribution in [0.4, 0.5) is 4.39 Å². The molecule has 0 fully saturated rings. The van der Waals surface area contributed by atoms with Crippen molar-refractivity contribution in [1.82, 2.24) is 0 Å². The van der Waals surface area contributed by atoms with Crippen molar-refractivity contribution in [1.29, 1.82) is 5.41 Å². The third kappa shape index (κ3) is 5.16. The fraction of sp³-hybridized carbons (Fsp3) is 0.600. The fourth-order valence-corrected chi connectivity index (χ4v) is 2.48. The highest BCUT2D eigenvalue weighted by Gasteiger charge is 2.34. The van der Waals surface area contributed by atoms with Gasteiger partial charge in [-0.1, -0.05) is 19.9 Å². The summed E-state index contributed by atoms with van der Waals surface area (Å²) in [5.74, 6) is -0.597. The molecule has 0 radical (unpaired) electrons. The lowest BCUT2D eigenvalue weighted by Crippen LogP contribution is -2.31. The Morgan fingerprint density at radius 3 is 2.20 bits per heavy atom. The second-order valence-electron chi connectivity index (χ2n) is 5.80. The highest BCUT2D eigenvalue weighted by molar-refractivity contribution is 7.80. The molecule has 1 N–H and O–H groups in total. The monoisotopic (exact) mass is 300 g/mol. The molecule has 1 atom stereocenters. The van der Waals surface area contributed by atoms with Gasteiger partial charge in [0, 0.05) is 5.71 Å². The Kier molecular flexibility index (Phi) is 6.76. The van der Waals surface area contributed by atoms with E-state index in [1.54, 1.807) is 32.4 Å². The van der Waals surface area contributed by atoms with Gasteiger partial charge in [0.05, 0.1) is 5.45 Å². The first kappa shape index (κ1) is 19.0. The Balaban J connectivity index is 6.06. The molecule has 0 aromatic carbocycles. The topological polar surface area (TPSA) is 53.3 Å². The van der Waals surface area contributed by atoms with E-state index < -0.39 is 18.5 Å². The maximum absolute atomic E-state index is 14.4. The van der Waals surface area contributed by atoms with Crippen LogP contribution in [0.2, 0.25) is 0 Å². The molecular formula is C15H26FN2OP. The van der Waals surface area contributed by atoms with Crippen LogP contribution in [0, 0.1) is 11.3 Å². The molecule has 3 nitrogen and oxygen atoms in total. The maximum atomic E-state index is 14.4. The normalized spacial score (nSPS) is 17.6. The number of nitrogens with one attached hydrogen (secondary N) is 1. The fourth-order valence-electron chi connectivity index (χ4n) is 1.52. The Hall–Kier alpha value is -1.02. The Morgan fingerprint density at radius 2 is 1.90 bits per heavy atom. The summed E-state index contributed by atoms with van der Waals surface area (Å²) >= 11 is 0. The lowest BCUT2D eigenvalue weighted by atomic mass is 9.87. The van der Waals surface area contributed by atoms with E-state index in [1.807, 2.05) is 20.8 Å². The molecule has 5 heteroatoms. The quantitative estimate of drug-likeness (QED) is 0.551. The molecule has 0 unspecified atom stereocenters. The number of allylic oxidation sites excluding steroid dienone is 3. The Morgan fingerprint density at radius 1 is 1.40 bits per heavy atom. The minimum absolute atomic E-state index is 0.120. The second kappa shape index (κ2) is 7.12. The maximum Gasteiger partial charge on any atom is 0.129 e. The van der Waals surface area contributed by atoms with E-state index >= 15 is 0 Å². The van der Waals surface area contributed by atoms with E-state index in [0.29, 0.717) is 5.45 Å². The highest BCUT2D eigenvalue weighted by atomic mass is 31.2. The second-order valence-corrected chi connectivity index (χ2v) is 8.96. The molecule has 114 valence electrons. The molecule has 0 aromatic heterocycles. The van der Waals surface area contributed by atoms with Crippen molar-refractivity contribution in [3.8, 4) is 0 Å². The highest BCUT2D eigenvalue weighted by Crippen LogP contribution is 2.42. The summed E-state index contributed by atoms with van der Waals surface area (Å²) in [4.78, 5) is 4.45. The van der Waals surface area contributed by atoms with Crippen LogP contribution in [0.25, 0.3) is 0 Å². The summed E-state index contributed by atoms with van der Waals surface area (Å²) in [6.45, 7) is 12.0. The van der Waals surface area contributed by atoms with Crippen molar-refractivity contribution in [3.05, 3.63) is 24.1 Å². The summed E-state index contributed by atoms with van der Waals surface area (Å²) in [5.41, 5.74) is -0.561. The third-order valence-corrected chi connectivity index (χ3v) is 4.52. The predicted molar refractivity (Wildman–Crippen MR) is 87.5 cm³/mol. The van der Waals surface area contributed by atoms with Crippen LogP contribution in [0.5, 0.6) is 0 Å². The standard InChI is InChI=1S/C15H26FN2OP/c1-8-9-14(20(6,7)19)18-15(5,11(2)3)13(16)10-12(4)17/h8-11,17H,1-7H3/b9-8-,13-10+,17-12?,18-14+/t15-/m0/s1. The first-order valence-electron chi connectivity index (χ1n) is 6.66. The molecule has 0 rings (SSSR count). The van der Waals surface area contributed by atoms with Gasteiger partial charge in [-0.25, -0.2) is 4.39 Å². The van der Waals surface area contributed by atoms with Crippen LogP contribution in [-0.2, 0) is 4.57 Å². The number of aliphatic imine (C=N–C) groups is 1. The van der Waals surface area contributed by atoms with Gasteiger partial charge in [0.2, 0.25) is 0 Å². The molecule has 0 aromatic rings. The molecule has 0 aliphatic rings. The molecule has 0 saturated carbocycles. The molecule has 0 saturated heterocycles. The van der Waals surface area contributed by atoms with Gasteiger partial charge in [0.25, 0.3) is 0 Å². The summed E-state index contributed by atoms with van der Waals surface area (Å²) in [6.07, 6.45) is 4.60. The molecule has 0 aliphatic carbocycles. The summed E-state index contributed by atoms with van der Waals surface area (Å²) in [6, 6.07) is 0. The van der Waals surface area contributed by atoms with Crippen molar-refractivity contribution < 1.29 is 8.96 Å². The van der Waals surface area contributed by atoms with E-state index in [-0.39, 0.29) is 11.6 Å². The SMILES string of the molecule is C/C=C\C(=N/[C@](C)(/C(F)=C\C(C)=N)C(C)C)P(C)(C)=O. The van der Waals surface area contributed by atoms with E-state index in [0.717, 1.165) is 0 Å². The molecule has 0 aliphatic heterocycles. The third-order valence-electron chi connectivity index (χ3n) is 3.17. The molecule has 0 amide bonds. The van der Waals surface area contributed by atoms with Gasteiger partial charge < -0.3 is 9.97 Å². The van der Waals surface area contributed by atoms with Crippen LogP contribution in [0.15, 0.2) is 29.0 Å². The van der Waals surface area contributed by atoms with Gasteiger partial charge in [-0.05, 0) is 52.2 Å². The molecule has 20 heavy (non-hydrogen) atoms. The van der Waals surface area contributed by atoms with Crippen LogP contribution < -0.4 is 0 Å². The van der Waals surface area contributed by atoms with Gasteiger partial charge in [-0.15, -0.1) is 0 Å². The lowest BCUT2D eigenvalue weighted by Gasteiger charge is -2.29. The van der Waals surface area contributed by atoms with E-state index in [2.05, 4.69) is 4.99 Å². The molecule has 0 bridgehead atoms. The average molecular weight is 300 g/mol. The average Bonchev–Trinajstić information content (AvgIpc) is 2.25. The van der Waals surface area contributed by atoms with Crippen LogP contribution in [0.1, 0.15) is 34.6 Å². The van der Waals surface area contributed by atoms with Gasteiger partial charge in [0.1, 0.15) is 18.5 Å². The number of rotatable bonds is 6. The van der Waals surface area contributed by atoms with E-state index in [1.165, 1.54) is 13.0 Å². The van der Waals surface area contributed by atoms with Crippen molar-refractivity contribution in [2.45, 2.75) is 40.2 Å². The lowest BCUT2D eigenvalue weighted by molar-refractivity contribution is 0.334. The van der Waals surface area contributed by atoms with Gasteiger partial charge in [0.15, 0.2) is 0 Å². The minimum Gasteiger partial charge on any atom is -0.318 e. The molecule has 0 spiro atoms. The van der Waals surface area contributed by atoms with E-state index in [9.17, 15) is 8.96 Å². The number of hydrogen-bond donors (Lipinski definition) is 1. The Labute approximate surface area is 122 Å². The van der Waals surface area contributed by atoms with Crippen molar-refractivity contribution in [2.24, 2.45) is 10.9 Å². The summed E-state index contributed by atoms with van der Waals surface area (Å²) < 4.78 is 26.7. The zero-order valence-corrected chi connectivity index (χ0v) is 14.4. The van der Waals surface area contributed by atoms with Gasteiger partial charge >= 0.3 is 0 Å². The summed E-state index contributed by atoms with van der Waals surface area (Å²) in [7, 11) is -2.59. The Bertz CT molecular complexity index is 500.